The molecule has 0 spiro atoms. The third-order valence-electron chi connectivity index (χ3n) is 16.9. The van der Waals surface area contributed by atoms with E-state index in [0.29, 0.717) is 19.3 Å². The Hall–Kier alpha value is -5.09. The number of hydrogen-bond acceptors (Lipinski definition) is 14. The molecule has 610 valence electrons. The van der Waals surface area contributed by atoms with Crippen molar-refractivity contribution in [2.45, 2.75) is 334 Å². The Morgan fingerprint density at radius 1 is 0.271 bits per heavy atom. The average molecular weight is 1540 g/mol. The molecule has 0 aliphatic carbocycles. The van der Waals surface area contributed by atoms with Crippen LogP contribution in [0, 0.1) is 0 Å². The minimum absolute atomic E-state index is 0.0546. The first-order valence-corrected chi connectivity index (χ1v) is 44.4. The molecule has 18 heteroatoms. The first kappa shape index (κ1) is 102. The molecule has 107 heavy (non-hydrogen) atoms. The summed E-state index contributed by atoms with van der Waals surface area (Å²) in [6.07, 6.45) is 103. The van der Waals surface area contributed by atoms with Crippen molar-refractivity contribution in [3.8, 4) is 0 Å². The van der Waals surface area contributed by atoms with Crippen molar-refractivity contribution in [2.75, 3.05) is 39.6 Å². The fraction of sp³-hybridized carbons (Fsp3) is 0.652. The quantitative estimate of drug-likeness (QED) is 0.0146. The minimum atomic E-state index is -4.95. The van der Waals surface area contributed by atoms with Crippen molar-refractivity contribution < 1.29 is 75.8 Å². The van der Waals surface area contributed by atoms with Crippen LogP contribution < -0.4 is 0 Å². The summed E-state index contributed by atoms with van der Waals surface area (Å²) in [6, 6.07) is 0. The Morgan fingerprint density at radius 3 is 0.794 bits per heavy atom. The van der Waals surface area contributed by atoms with Gasteiger partial charge in [-0.05, 0) is 154 Å². The summed E-state index contributed by atoms with van der Waals surface area (Å²) >= 11 is 0. The number of aliphatic hydroxyl groups excluding tert-OH is 2. The molecule has 5 unspecified atom stereocenters. The van der Waals surface area contributed by atoms with E-state index in [-0.39, 0.29) is 19.3 Å². The highest BCUT2D eigenvalue weighted by molar-refractivity contribution is 7.47. The molecule has 0 aliphatic heterocycles. The van der Waals surface area contributed by atoms with Gasteiger partial charge in [-0.1, -0.05) is 313 Å². The van der Waals surface area contributed by atoms with E-state index in [1.165, 1.54) is 103 Å². The number of carbonyl (C=O) groups excluding carboxylic acids is 3. The fourth-order valence-corrected chi connectivity index (χ4v) is 12.3. The van der Waals surface area contributed by atoms with E-state index in [2.05, 4.69) is 191 Å². The Kier molecular flexibility index (Phi) is 76.6. The lowest BCUT2D eigenvalue weighted by atomic mass is 10.0. The molecular formula is C89H148O16P2. The van der Waals surface area contributed by atoms with Crippen LogP contribution in [0.3, 0.4) is 0 Å². The molecule has 4 N–H and O–H groups in total. The van der Waals surface area contributed by atoms with E-state index >= 15 is 0 Å². The van der Waals surface area contributed by atoms with Gasteiger partial charge in [-0.15, -0.1) is 0 Å². The number of esters is 3. The van der Waals surface area contributed by atoms with Crippen LogP contribution in [-0.2, 0) is 55.8 Å². The van der Waals surface area contributed by atoms with Crippen molar-refractivity contribution in [3.05, 3.63) is 170 Å². The first-order chi connectivity index (χ1) is 52.2. The Balaban J connectivity index is 4.60. The molecule has 0 aromatic heterocycles. The number of rotatable bonds is 77. The maximum absolute atomic E-state index is 13.0. The van der Waals surface area contributed by atoms with E-state index < -0.39 is 91.5 Å². The molecule has 0 amide bonds. The summed E-state index contributed by atoms with van der Waals surface area (Å²) < 4.78 is 61.2. The van der Waals surface area contributed by atoms with Gasteiger partial charge in [0.2, 0.25) is 0 Å². The van der Waals surface area contributed by atoms with E-state index in [9.17, 15) is 43.5 Å². The van der Waals surface area contributed by atoms with Gasteiger partial charge >= 0.3 is 33.6 Å². The third-order valence-corrected chi connectivity index (χ3v) is 18.8. The summed E-state index contributed by atoms with van der Waals surface area (Å²) in [5.74, 6) is -1.64. The van der Waals surface area contributed by atoms with Crippen molar-refractivity contribution in [1.82, 2.24) is 0 Å². The first-order valence-electron chi connectivity index (χ1n) is 41.4. The Bertz CT molecular complexity index is 2620. The minimum Gasteiger partial charge on any atom is -0.463 e. The van der Waals surface area contributed by atoms with Gasteiger partial charge < -0.3 is 34.2 Å². The largest absolute Gasteiger partial charge is 0.472 e. The second-order valence-corrected chi connectivity index (χ2v) is 30.1. The number of phosphoric ester groups is 2. The molecule has 0 heterocycles. The normalized spacial score (nSPS) is 14.8. The van der Waals surface area contributed by atoms with Crippen LogP contribution in [0.2, 0.25) is 0 Å². The molecule has 0 radical (unpaired) electrons. The summed E-state index contributed by atoms with van der Waals surface area (Å²) in [5.41, 5.74) is 0. The summed E-state index contributed by atoms with van der Waals surface area (Å²) in [6.45, 7) is 2.36. The van der Waals surface area contributed by atoms with Gasteiger partial charge in [0.15, 0.2) is 6.10 Å². The van der Waals surface area contributed by atoms with Crippen LogP contribution in [0.1, 0.15) is 316 Å². The van der Waals surface area contributed by atoms with Gasteiger partial charge in [-0.25, -0.2) is 9.13 Å². The van der Waals surface area contributed by atoms with E-state index in [1.807, 2.05) is 0 Å². The average Bonchev–Trinajstić information content (AvgIpc) is 0.928. The number of phosphoric acid groups is 2. The second kappa shape index (κ2) is 80.4. The summed E-state index contributed by atoms with van der Waals surface area (Å²) in [4.78, 5) is 58.8. The van der Waals surface area contributed by atoms with Crippen molar-refractivity contribution in [2.24, 2.45) is 0 Å². The maximum atomic E-state index is 13.0. The second-order valence-electron chi connectivity index (χ2n) is 27.2. The highest BCUT2D eigenvalue weighted by Crippen LogP contribution is 2.45. The highest BCUT2D eigenvalue weighted by Gasteiger charge is 2.29. The van der Waals surface area contributed by atoms with Gasteiger partial charge in [0.25, 0.3) is 0 Å². The lowest BCUT2D eigenvalue weighted by Gasteiger charge is -2.21. The van der Waals surface area contributed by atoms with Crippen LogP contribution >= 0.6 is 15.6 Å². The van der Waals surface area contributed by atoms with Crippen molar-refractivity contribution in [3.63, 3.8) is 0 Å². The molecule has 0 rings (SSSR count). The Morgan fingerprint density at radius 2 is 0.495 bits per heavy atom. The van der Waals surface area contributed by atoms with Crippen LogP contribution in [0.25, 0.3) is 0 Å². The summed E-state index contributed by atoms with van der Waals surface area (Å²) in [5, 5.41) is 20.7. The van der Waals surface area contributed by atoms with E-state index in [1.54, 1.807) is 0 Å². The number of ether oxygens (including phenoxy) is 3. The van der Waals surface area contributed by atoms with Crippen molar-refractivity contribution in [1.29, 1.82) is 0 Å². The van der Waals surface area contributed by atoms with E-state index in [4.69, 9.17) is 32.3 Å². The zero-order valence-electron chi connectivity index (χ0n) is 66.7. The molecule has 0 aliphatic rings. The number of carbonyl (C=O) groups is 3. The number of allylic oxidation sites excluding steroid dienone is 28. The molecule has 0 bridgehead atoms. The van der Waals surface area contributed by atoms with E-state index in [0.717, 1.165) is 154 Å². The van der Waals surface area contributed by atoms with Crippen molar-refractivity contribution >= 4 is 33.6 Å². The monoisotopic (exact) mass is 1540 g/mol. The molecule has 0 fully saturated rings. The van der Waals surface area contributed by atoms with Crippen LogP contribution in [0.15, 0.2) is 170 Å². The topological polar surface area (TPSA) is 231 Å². The van der Waals surface area contributed by atoms with Gasteiger partial charge in [-0.2, -0.15) is 0 Å². The zero-order valence-corrected chi connectivity index (χ0v) is 68.5. The predicted octanol–water partition coefficient (Wildman–Crippen LogP) is 24.8. The third kappa shape index (κ3) is 81.7. The summed E-state index contributed by atoms with van der Waals surface area (Å²) in [7, 11) is -9.82. The maximum Gasteiger partial charge on any atom is 0.472 e. The highest BCUT2D eigenvalue weighted by atomic mass is 31.2. The predicted molar refractivity (Wildman–Crippen MR) is 445 cm³/mol. The SMILES string of the molecule is CC/C=C\C/C=C\C/C=C\C/C=C\C/C=C\CCCCCCCC(=O)OCC(COP(=O)(O)OCC(O)COP(=O)(O)OCC(O)COC(=O)CCCCCCCCCCCCCCCCC/C=C\C/C=C\C/C=C\C/C=C\CCCCC)OC(=O)CCCCC/C=C\C/C=C\C/C=C\C/C=C\C/C=C\CC. The smallest absolute Gasteiger partial charge is 0.463 e. The molecule has 16 nitrogen and oxygen atoms in total. The van der Waals surface area contributed by atoms with Gasteiger partial charge in [0.05, 0.1) is 26.4 Å². The number of aliphatic hydroxyl groups is 2. The zero-order chi connectivity index (χ0) is 78.0. The fourth-order valence-electron chi connectivity index (χ4n) is 10.7. The molecule has 0 aromatic rings. The molecule has 0 saturated carbocycles. The van der Waals surface area contributed by atoms with Crippen LogP contribution in [-0.4, -0.2) is 95.9 Å². The number of unbranched alkanes of at least 4 members (excludes halogenated alkanes) is 26. The lowest BCUT2D eigenvalue weighted by molar-refractivity contribution is -0.161. The van der Waals surface area contributed by atoms with Crippen LogP contribution in [0.4, 0.5) is 0 Å². The lowest BCUT2D eigenvalue weighted by Crippen LogP contribution is -2.30. The van der Waals surface area contributed by atoms with Gasteiger partial charge in [0, 0.05) is 19.3 Å². The Labute approximate surface area is 650 Å². The van der Waals surface area contributed by atoms with Gasteiger partial charge in [-0.3, -0.25) is 32.5 Å². The van der Waals surface area contributed by atoms with Crippen LogP contribution in [0.5, 0.6) is 0 Å². The molecular weight excluding hydrogens is 1390 g/mol. The molecule has 0 aromatic carbocycles. The standard InChI is InChI=1S/C89H148O16P2/c1-4-7-10-13-16-19-22-25-28-31-34-36-37-38-39-40-41-42-43-44-45-47-50-51-54-57-60-63-66-69-72-75-87(92)99-78-84(90)79-101-106(95,96)102-80-85(91)81-103-107(97,98)104-83-86(105-89(94)77-74-71-68-65-62-59-56-53-48-33-30-27-24-21-18-15-12-9-6-3)82-100-88(93)76-73-70-67-64-61-58-55-52-49-46-35-32-29-26-23-20-17-14-11-8-5-2/h8-9,11-12,16-21,25-30,34-36,38-39,46,48,52-53,55,59,62,84-86,90-91H,4-7,10,13-15,22-24,31-33,37,40-45,47,49-51,54,56-58,60-61,63-83H2,1-3H3,(H,95,96)(H,97,98)/b11-8-,12-9-,19-16-,20-17-,21-18-,28-25-,29-26-,30-27-,36-34-,39-38-,46-35-,53-48-,55-52-,62-59-. The number of hydrogen-bond donors (Lipinski definition) is 4. The van der Waals surface area contributed by atoms with Gasteiger partial charge in [0.1, 0.15) is 25.4 Å². The molecule has 0 saturated heterocycles. The molecule has 5 atom stereocenters.